The summed E-state index contributed by atoms with van der Waals surface area (Å²) in [6, 6.07) is 16.0. The van der Waals surface area contributed by atoms with E-state index in [1.165, 1.54) is 48.4 Å². The van der Waals surface area contributed by atoms with Gasteiger partial charge in [0, 0.05) is 12.6 Å². The lowest BCUT2D eigenvalue weighted by molar-refractivity contribution is -0.140. The minimum absolute atomic E-state index is 0.00846. The zero-order chi connectivity index (χ0) is 30.3. The number of methoxy groups -OCH3 is 1. The number of aryl methyl sites for hydroxylation is 2. The normalized spacial score (nSPS) is 12.1. The molecule has 3 aromatic carbocycles. The van der Waals surface area contributed by atoms with E-state index in [1.807, 2.05) is 27.7 Å². The molecule has 3 rings (SSSR count). The van der Waals surface area contributed by atoms with Crippen molar-refractivity contribution in [2.75, 3.05) is 18.0 Å². The van der Waals surface area contributed by atoms with Crippen molar-refractivity contribution in [3.8, 4) is 5.75 Å². The third-order valence-corrected chi connectivity index (χ3v) is 8.35. The molecule has 0 radical (unpaired) electrons. The van der Waals surface area contributed by atoms with Crippen LogP contribution in [0.1, 0.15) is 43.9 Å². The van der Waals surface area contributed by atoms with E-state index >= 15 is 0 Å². The van der Waals surface area contributed by atoms with E-state index in [9.17, 15) is 22.4 Å². The molecule has 0 saturated carbocycles. The monoisotopic (exact) mass is 583 g/mol. The molecule has 0 spiro atoms. The molecule has 10 heteroatoms. The van der Waals surface area contributed by atoms with Crippen molar-refractivity contribution in [2.24, 2.45) is 0 Å². The number of nitrogens with zero attached hydrogens (tertiary/aromatic N) is 2. The van der Waals surface area contributed by atoms with Gasteiger partial charge in [0.15, 0.2) is 0 Å². The summed E-state index contributed by atoms with van der Waals surface area (Å²) in [5, 5.41) is 2.85. The van der Waals surface area contributed by atoms with Crippen LogP contribution in [0, 0.1) is 19.7 Å². The third-order valence-electron chi connectivity index (χ3n) is 6.57. The fourth-order valence-electron chi connectivity index (χ4n) is 4.43. The van der Waals surface area contributed by atoms with E-state index < -0.39 is 34.3 Å². The predicted octanol–water partition coefficient (Wildman–Crippen LogP) is 4.98. The second kappa shape index (κ2) is 13.6. The smallest absolute Gasteiger partial charge is 0.264 e. The number of halogens is 1. The van der Waals surface area contributed by atoms with Crippen molar-refractivity contribution in [2.45, 2.75) is 64.6 Å². The van der Waals surface area contributed by atoms with E-state index in [2.05, 4.69) is 5.32 Å². The Balaban J connectivity index is 2.13. The summed E-state index contributed by atoms with van der Waals surface area (Å²) in [5.74, 6) is -1.12. The average Bonchev–Trinajstić information content (AvgIpc) is 2.92. The van der Waals surface area contributed by atoms with Crippen molar-refractivity contribution < 1.29 is 27.1 Å². The number of sulfonamides is 1. The van der Waals surface area contributed by atoms with Gasteiger partial charge in [-0.2, -0.15) is 0 Å². The molecule has 8 nitrogen and oxygen atoms in total. The minimum atomic E-state index is -4.24. The molecule has 3 aromatic rings. The third kappa shape index (κ3) is 7.85. The van der Waals surface area contributed by atoms with E-state index in [0.717, 1.165) is 15.4 Å². The maximum absolute atomic E-state index is 14.1. The Kier molecular flexibility index (Phi) is 10.5. The maximum atomic E-state index is 14.1. The van der Waals surface area contributed by atoms with Crippen LogP contribution in [0.4, 0.5) is 10.1 Å². The number of ether oxygens (including phenoxy) is 1. The van der Waals surface area contributed by atoms with Crippen LogP contribution in [0.5, 0.6) is 5.75 Å². The van der Waals surface area contributed by atoms with Crippen molar-refractivity contribution >= 4 is 27.5 Å². The molecule has 0 aromatic heterocycles. The molecule has 0 fully saturated rings. The quantitative estimate of drug-likeness (QED) is 0.325. The second-order valence-electron chi connectivity index (χ2n) is 10.2. The number of hydrogen-bond acceptors (Lipinski definition) is 5. The van der Waals surface area contributed by atoms with E-state index in [4.69, 9.17) is 4.74 Å². The summed E-state index contributed by atoms with van der Waals surface area (Å²) in [5.41, 5.74) is 2.44. The summed E-state index contributed by atoms with van der Waals surface area (Å²) < 4.78 is 48.3. The summed E-state index contributed by atoms with van der Waals surface area (Å²) >= 11 is 0. The summed E-state index contributed by atoms with van der Waals surface area (Å²) in [6.07, 6.45) is 0.282. The summed E-state index contributed by atoms with van der Waals surface area (Å²) in [6.45, 7) is 8.45. The Morgan fingerprint density at radius 3 is 2.12 bits per heavy atom. The fourth-order valence-corrected chi connectivity index (χ4v) is 5.85. The fraction of sp³-hybridized carbons (Fsp3) is 0.355. The Morgan fingerprint density at radius 1 is 0.951 bits per heavy atom. The number of carbonyl (C=O) groups is 2. The molecule has 220 valence electrons. The first-order valence-corrected chi connectivity index (χ1v) is 14.9. The van der Waals surface area contributed by atoms with Crippen molar-refractivity contribution in [1.29, 1.82) is 0 Å². The molecule has 0 heterocycles. The van der Waals surface area contributed by atoms with E-state index in [1.54, 1.807) is 37.3 Å². The molecular formula is C31H38FN3O5S. The highest BCUT2D eigenvalue weighted by atomic mass is 32.2. The zero-order valence-corrected chi connectivity index (χ0v) is 25.2. The van der Waals surface area contributed by atoms with Gasteiger partial charge in [-0.3, -0.25) is 13.9 Å². The van der Waals surface area contributed by atoms with Gasteiger partial charge in [0.1, 0.15) is 24.2 Å². The average molecular weight is 584 g/mol. The SMILES string of the molecule is CC[C@H](C(=O)NC(C)C)N(Cc1ccc(F)cc1)C(=O)CN(c1cc(C)ccc1OC)S(=O)(=O)c1ccc(C)cc1. The van der Waals surface area contributed by atoms with Gasteiger partial charge in [-0.15, -0.1) is 0 Å². The number of hydrogen-bond donors (Lipinski definition) is 1. The first-order valence-electron chi connectivity index (χ1n) is 13.5. The molecule has 2 amide bonds. The molecule has 1 atom stereocenters. The van der Waals surface area contributed by atoms with Gasteiger partial charge in [-0.05, 0) is 81.6 Å². The van der Waals surface area contributed by atoms with Crippen molar-refractivity contribution in [3.05, 3.63) is 89.2 Å². The van der Waals surface area contributed by atoms with Crippen LogP contribution in [-0.2, 0) is 26.2 Å². The van der Waals surface area contributed by atoms with Crippen LogP contribution in [-0.4, -0.2) is 50.9 Å². The number of benzene rings is 3. The van der Waals surface area contributed by atoms with Crippen LogP contribution in [0.25, 0.3) is 0 Å². The van der Waals surface area contributed by atoms with Crippen LogP contribution < -0.4 is 14.4 Å². The van der Waals surface area contributed by atoms with Gasteiger partial charge in [0.2, 0.25) is 11.8 Å². The summed E-state index contributed by atoms with van der Waals surface area (Å²) in [7, 11) is -2.82. The molecule has 0 aliphatic rings. The molecule has 0 aliphatic heterocycles. The van der Waals surface area contributed by atoms with Crippen molar-refractivity contribution in [3.63, 3.8) is 0 Å². The number of anilines is 1. The topological polar surface area (TPSA) is 96.0 Å². The standard InChI is InChI=1S/C31H38FN3O5S/c1-7-27(31(37)33-21(2)3)34(19-24-11-13-25(32)14-12-24)30(36)20-35(28-18-23(5)10-17-29(28)40-6)41(38,39)26-15-8-22(4)9-16-26/h8-18,21,27H,7,19-20H2,1-6H3,(H,33,37)/t27-/m1/s1. The second-order valence-corrected chi connectivity index (χ2v) is 12.1. The highest BCUT2D eigenvalue weighted by Gasteiger charge is 2.35. The van der Waals surface area contributed by atoms with Gasteiger partial charge in [0.25, 0.3) is 10.0 Å². The first kappa shape index (κ1) is 31.6. The van der Waals surface area contributed by atoms with Gasteiger partial charge >= 0.3 is 0 Å². The lowest BCUT2D eigenvalue weighted by Crippen LogP contribution is -2.53. The Morgan fingerprint density at radius 2 is 1.56 bits per heavy atom. The van der Waals surface area contributed by atoms with Gasteiger partial charge in [0.05, 0.1) is 17.7 Å². The number of carbonyl (C=O) groups excluding carboxylic acids is 2. The highest BCUT2D eigenvalue weighted by Crippen LogP contribution is 2.34. The molecule has 41 heavy (non-hydrogen) atoms. The molecule has 0 aliphatic carbocycles. The number of amides is 2. The molecular weight excluding hydrogens is 545 g/mol. The highest BCUT2D eigenvalue weighted by molar-refractivity contribution is 7.92. The van der Waals surface area contributed by atoms with Crippen LogP contribution in [0.3, 0.4) is 0 Å². The van der Waals surface area contributed by atoms with E-state index in [-0.39, 0.29) is 41.2 Å². The predicted molar refractivity (Wildman–Crippen MR) is 158 cm³/mol. The van der Waals surface area contributed by atoms with Gasteiger partial charge < -0.3 is 15.0 Å². The van der Waals surface area contributed by atoms with Gasteiger partial charge in [-0.1, -0.05) is 42.8 Å². The lowest BCUT2D eigenvalue weighted by atomic mass is 10.1. The minimum Gasteiger partial charge on any atom is -0.495 e. The Hall–Kier alpha value is -3.92. The molecule has 0 unspecified atom stereocenters. The summed E-state index contributed by atoms with van der Waals surface area (Å²) in [4.78, 5) is 28.7. The molecule has 0 saturated heterocycles. The number of nitrogens with one attached hydrogen (secondary N) is 1. The lowest BCUT2D eigenvalue weighted by Gasteiger charge is -2.34. The van der Waals surface area contributed by atoms with Crippen LogP contribution in [0.15, 0.2) is 71.6 Å². The zero-order valence-electron chi connectivity index (χ0n) is 24.3. The Bertz CT molecular complexity index is 1460. The molecule has 0 bridgehead atoms. The largest absolute Gasteiger partial charge is 0.495 e. The van der Waals surface area contributed by atoms with Crippen molar-refractivity contribution in [1.82, 2.24) is 10.2 Å². The molecule has 1 N–H and O–H groups in total. The first-order chi connectivity index (χ1) is 19.4. The van der Waals surface area contributed by atoms with Crippen LogP contribution in [0.2, 0.25) is 0 Å². The maximum Gasteiger partial charge on any atom is 0.264 e. The van der Waals surface area contributed by atoms with Crippen LogP contribution >= 0.6 is 0 Å². The Labute approximate surface area is 242 Å². The number of rotatable bonds is 12. The van der Waals surface area contributed by atoms with E-state index in [0.29, 0.717) is 5.56 Å². The van der Waals surface area contributed by atoms with Gasteiger partial charge in [-0.25, -0.2) is 12.8 Å².